The third-order valence-electron chi connectivity index (χ3n) is 2.94. The summed E-state index contributed by atoms with van der Waals surface area (Å²) < 4.78 is 5.22. The number of hydrogen-bond donors (Lipinski definition) is 1. The average molecular weight is 227 g/mol. The van der Waals surface area contributed by atoms with E-state index >= 15 is 0 Å². The highest BCUT2D eigenvalue weighted by Crippen LogP contribution is 2.50. The van der Waals surface area contributed by atoms with Crippen LogP contribution in [0.4, 0.5) is 4.79 Å². The average Bonchev–Trinajstić information content (AvgIpc) is 2.74. The molecule has 0 saturated heterocycles. The first-order valence-electron chi connectivity index (χ1n) is 6.04. The van der Waals surface area contributed by atoms with Crippen molar-refractivity contribution in [3.8, 4) is 0 Å². The molecule has 1 rings (SSSR count). The van der Waals surface area contributed by atoms with Crippen LogP contribution in [0.2, 0.25) is 0 Å². The van der Waals surface area contributed by atoms with Gasteiger partial charge in [-0.25, -0.2) is 4.79 Å². The molecule has 0 spiro atoms. The molecule has 0 radical (unpaired) electrons. The maximum Gasteiger partial charge on any atom is 0.407 e. The Balaban J connectivity index is 2.21. The van der Waals surface area contributed by atoms with E-state index in [9.17, 15) is 4.79 Å². The molecule has 2 unspecified atom stereocenters. The van der Waals surface area contributed by atoms with E-state index in [0.717, 1.165) is 0 Å². The number of rotatable bonds is 2. The van der Waals surface area contributed by atoms with Gasteiger partial charge in [-0.2, -0.15) is 0 Å². The number of hydrogen-bond acceptors (Lipinski definition) is 2. The van der Waals surface area contributed by atoms with E-state index in [4.69, 9.17) is 4.74 Å². The summed E-state index contributed by atoms with van der Waals surface area (Å²) in [5, 5.41) is 2.79. The van der Waals surface area contributed by atoms with Crippen molar-refractivity contribution in [3.63, 3.8) is 0 Å². The molecule has 94 valence electrons. The fourth-order valence-electron chi connectivity index (χ4n) is 2.02. The molecule has 0 bridgehead atoms. The summed E-state index contributed by atoms with van der Waals surface area (Å²) in [5.41, 5.74) is 0.124. The second-order valence-corrected chi connectivity index (χ2v) is 6.94. The quantitative estimate of drug-likeness (QED) is 0.786. The van der Waals surface area contributed by atoms with Crippen LogP contribution in [0.1, 0.15) is 48.0 Å². The van der Waals surface area contributed by atoms with E-state index in [1.54, 1.807) is 0 Å². The first kappa shape index (κ1) is 13.3. The standard InChI is InChI=1S/C13H25NO2/c1-12(2,3)10-7-9(10)8-16-11(15)14-13(4,5)6/h9-10H,7-8H2,1-6H3,(H,14,15). The Morgan fingerprint density at radius 2 is 1.81 bits per heavy atom. The maximum absolute atomic E-state index is 11.4. The van der Waals surface area contributed by atoms with E-state index < -0.39 is 0 Å². The van der Waals surface area contributed by atoms with E-state index in [-0.39, 0.29) is 11.6 Å². The number of carbonyl (C=O) groups excluding carboxylic acids is 1. The Labute approximate surface area is 98.9 Å². The van der Waals surface area contributed by atoms with Crippen LogP contribution in [0.25, 0.3) is 0 Å². The molecular formula is C13H25NO2. The normalized spacial score (nSPS) is 25.1. The third kappa shape index (κ3) is 4.42. The lowest BCUT2D eigenvalue weighted by atomic mass is 9.89. The highest BCUT2D eigenvalue weighted by atomic mass is 16.5. The summed E-state index contributed by atoms with van der Waals surface area (Å²) in [6, 6.07) is 0. The van der Waals surface area contributed by atoms with Crippen molar-refractivity contribution < 1.29 is 9.53 Å². The summed E-state index contributed by atoms with van der Waals surface area (Å²) >= 11 is 0. The Morgan fingerprint density at radius 3 is 2.19 bits per heavy atom. The summed E-state index contributed by atoms with van der Waals surface area (Å²) in [4.78, 5) is 11.4. The minimum atomic E-state index is -0.299. The van der Waals surface area contributed by atoms with Crippen molar-refractivity contribution in [2.45, 2.75) is 53.5 Å². The van der Waals surface area contributed by atoms with Crippen LogP contribution in [0, 0.1) is 17.3 Å². The van der Waals surface area contributed by atoms with Crippen molar-refractivity contribution in [2.75, 3.05) is 6.61 Å². The zero-order chi connectivity index (χ0) is 12.6. The Hall–Kier alpha value is -0.730. The molecule has 0 heterocycles. The molecule has 1 aliphatic rings. The van der Waals surface area contributed by atoms with Crippen LogP contribution in [-0.2, 0) is 4.74 Å². The first-order chi connectivity index (χ1) is 7.09. The molecule has 1 aliphatic carbocycles. The van der Waals surface area contributed by atoms with Crippen LogP contribution in [0.5, 0.6) is 0 Å². The number of ether oxygens (including phenoxy) is 1. The zero-order valence-corrected chi connectivity index (χ0v) is 11.4. The molecule has 1 N–H and O–H groups in total. The van der Waals surface area contributed by atoms with Gasteiger partial charge in [0.15, 0.2) is 0 Å². The van der Waals surface area contributed by atoms with Crippen LogP contribution in [-0.4, -0.2) is 18.2 Å². The SMILES string of the molecule is CC(C)(C)NC(=O)OCC1CC1C(C)(C)C. The zero-order valence-electron chi connectivity index (χ0n) is 11.4. The fourth-order valence-corrected chi connectivity index (χ4v) is 2.02. The minimum absolute atomic E-state index is 0.218. The monoisotopic (exact) mass is 227 g/mol. The first-order valence-corrected chi connectivity index (χ1v) is 6.04. The third-order valence-corrected chi connectivity index (χ3v) is 2.94. The summed E-state index contributed by atoms with van der Waals surface area (Å²) in [7, 11) is 0. The van der Waals surface area contributed by atoms with Gasteiger partial charge >= 0.3 is 6.09 Å². The second-order valence-electron chi connectivity index (χ2n) is 6.94. The molecule has 2 atom stereocenters. The highest BCUT2D eigenvalue weighted by Gasteiger charge is 2.45. The van der Waals surface area contributed by atoms with Crippen molar-refractivity contribution >= 4 is 6.09 Å². The summed E-state index contributed by atoms with van der Waals surface area (Å²) in [6.07, 6.45) is 0.888. The molecule has 1 fully saturated rings. The molecule has 3 nitrogen and oxygen atoms in total. The maximum atomic E-state index is 11.4. The van der Waals surface area contributed by atoms with Gasteiger partial charge in [0.2, 0.25) is 0 Å². The van der Waals surface area contributed by atoms with Gasteiger partial charge in [-0.1, -0.05) is 20.8 Å². The van der Waals surface area contributed by atoms with Gasteiger partial charge in [-0.3, -0.25) is 0 Å². The van der Waals surface area contributed by atoms with Gasteiger partial charge in [0.05, 0.1) is 6.61 Å². The molecule has 0 aromatic carbocycles. The van der Waals surface area contributed by atoms with Gasteiger partial charge in [0.1, 0.15) is 0 Å². The number of amides is 1. The molecule has 0 aliphatic heterocycles. The molecule has 16 heavy (non-hydrogen) atoms. The lowest BCUT2D eigenvalue weighted by Gasteiger charge is -2.21. The van der Waals surface area contributed by atoms with E-state index in [2.05, 4.69) is 26.1 Å². The van der Waals surface area contributed by atoms with Gasteiger partial charge in [-0.15, -0.1) is 0 Å². The number of nitrogens with one attached hydrogen (secondary N) is 1. The van der Waals surface area contributed by atoms with Crippen molar-refractivity contribution in [1.29, 1.82) is 0 Å². The molecule has 1 saturated carbocycles. The van der Waals surface area contributed by atoms with E-state index in [0.29, 0.717) is 23.9 Å². The molecule has 0 aromatic rings. The molecule has 0 aromatic heterocycles. The van der Waals surface area contributed by atoms with Crippen molar-refractivity contribution in [2.24, 2.45) is 17.3 Å². The smallest absolute Gasteiger partial charge is 0.407 e. The predicted molar refractivity (Wildman–Crippen MR) is 65.3 cm³/mol. The van der Waals surface area contributed by atoms with E-state index in [1.165, 1.54) is 6.42 Å². The number of carbonyl (C=O) groups is 1. The highest BCUT2D eigenvalue weighted by molar-refractivity contribution is 5.68. The van der Waals surface area contributed by atoms with Gasteiger partial charge in [-0.05, 0) is 44.4 Å². The van der Waals surface area contributed by atoms with Crippen molar-refractivity contribution in [1.82, 2.24) is 5.32 Å². The Kier molecular flexibility index (Phi) is 3.56. The van der Waals surface area contributed by atoms with Crippen LogP contribution in [0.15, 0.2) is 0 Å². The summed E-state index contributed by atoms with van der Waals surface area (Å²) in [5.74, 6) is 1.26. The fraction of sp³-hybridized carbons (Fsp3) is 0.923. The van der Waals surface area contributed by atoms with Crippen LogP contribution >= 0.6 is 0 Å². The minimum Gasteiger partial charge on any atom is -0.449 e. The van der Waals surface area contributed by atoms with Gasteiger partial charge in [0.25, 0.3) is 0 Å². The van der Waals surface area contributed by atoms with Crippen molar-refractivity contribution in [3.05, 3.63) is 0 Å². The van der Waals surface area contributed by atoms with Gasteiger partial charge in [0, 0.05) is 5.54 Å². The predicted octanol–water partition coefficient (Wildman–Crippen LogP) is 3.19. The number of alkyl carbamates (subject to hydrolysis) is 1. The Morgan fingerprint density at radius 1 is 1.25 bits per heavy atom. The molecule has 1 amide bonds. The lowest BCUT2D eigenvalue weighted by molar-refractivity contribution is 0.127. The van der Waals surface area contributed by atoms with Crippen LogP contribution in [0.3, 0.4) is 0 Å². The van der Waals surface area contributed by atoms with Crippen LogP contribution < -0.4 is 5.32 Å². The second kappa shape index (κ2) is 4.27. The molecular weight excluding hydrogens is 202 g/mol. The lowest BCUT2D eigenvalue weighted by Crippen LogP contribution is -2.41. The molecule has 3 heteroatoms. The summed E-state index contributed by atoms with van der Waals surface area (Å²) in [6.45, 7) is 13.1. The van der Waals surface area contributed by atoms with Gasteiger partial charge < -0.3 is 10.1 Å². The Bertz CT molecular complexity index is 260. The topological polar surface area (TPSA) is 38.3 Å². The van der Waals surface area contributed by atoms with E-state index in [1.807, 2.05) is 20.8 Å². The largest absolute Gasteiger partial charge is 0.449 e.